The molecule has 2 aromatic rings. The van der Waals surface area contributed by atoms with Crippen LogP contribution in [0.15, 0.2) is 24.5 Å². The van der Waals surface area contributed by atoms with E-state index in [9.17, 15) is 5.11 Å². The molecule has 0 spiro atoms. The average Bonchev–Trinajstić information content (AvgIpc) is 2.36. The van der Waals surface area contributed by atoms with Gasteiger partial charge in [0.2, 0.25) is 0 Å². The summed E-state index contributed by atoms with van der Waals surface area (Å²) < 4.78 is 0. The van der Waals surface area contributed by atoms with Crippen LogP contribution in [0.1, 0.15) is 6.92 Å². The van der Waals surface area contributed by atoms with Crippen molar-refractivity contribution in [2.75, 3.05) is 18.5 Å². The molecule has 17 heavy (non-hydrogen) atoms. The highest BCUT2D eigenvalue weighted by atomic mass is 16.3. The summed E-state index contributed by atoms with van der Waals surface area (Å²) in [5.74, 6) is 0.590. The van der Waals surface area contributed by atoms with E-state index in [2.05, 4.69) is 20.3 Å². The molecule has 1 atom stereocenters. The average molecular weight is 234 g/mol. The SMILES string of the molecule is CC(O)(CO)CNc1ccc2nccnc2n1. The van der Waals surface area contributed by atoms with Crippen LogP contribution in [0, 0.1) is 0 Å². The second-order valence-corrected chi connectivity index (χ2v) is 4.10. The van der Waals surface area contributed by atoms with Gasteiger partial charge in [-0.05, 0) is 19.1 Å². The number of nitrogens with one attached hydrogen (secondary N) is 1. The van der Waals surface area contributed by atoms with Crippen molar-refractivity contribution in [2.45, 2.75) is 12.5 Å². The van der Waals surface area contributed by atoms with Crippen molar-refractivity contribution in [1.82, 2.24) is 15.0 Å². The van der Waals surface area contributed by atoms with Crippen molar-refractivity contribution in [3.05, 3.63) is 24.5 Å². The molecule has 0 aliphatic heterocycles. The molecule has 0 aliphatic carbocycles. The summed E-state index contributed by atoms with van der Waals surface area (Å²) in [5.41, 5.74) is 0.0899. The molecule has 0 saturated carbocycles. The molecule has 0 amide bonds. The maximum atomic E-state index is 9.63. The number of rotatable bonds is 4. The molecule has 2 aromatic heterocycles. The van der Waals surface area contributed by atoms with E-state index >= 15 is 0 Å². The van der Waals surface area contributed by atoms with Crippen LogP contribution in [-0.2, 0) is 0 Å². The number of hydrogen-bond donors (Lipinski definition) is 3. The first kappa shape index (κ1) is 11.7. The van der Waals surface area contributed by atoms with Gasteiger partial charge in [0.05, 0.1) is 6.61 Å². The van der Waals surface area contributed by atoms with Crippen LogP contribution >= 0.6 is 0 Å². The fraction of sp³-hybridized carbons (Fsp3) is 0.364. The van der Waals surface area contributed by atoms with Gasteiger partial charge in [0.1, 0.15) is 16.9 Å². The molecule has 3 N–H and O–H groups in total. The maximum absolute atomic E-state index is 9.63. The molecular formula is C11H14N4O2. The first-order chi connectivity index (χ1) is 8.11. The number of hydrogen-bond acceptors (Lipinski definition) is 6. The van der Waals surface area contributed by atoms with E-state index in [1.54, 1.807) is 31.5 Å². The molecule has 0 saturated heterocycles. The molecule has 0 radical (unpaired) electrons. The third kappa shape index (κ3) is 2.86. The van der Waals surface area contributed by atoms with Crippen LogP contribution in [0.3, 0.4) is 0 Å². The topological polar surface area (TPSA) is 91.2 Å². The molecule has 0 fully saturated rings. The zero-order valence-corrected chi connectivity index (χ0v) is 9.46. The van der Waals surface area contributed by atoms with E-state index in [4.69, 9.17) is 5.11 Å². The van der Waals surface area contributed by atoms with Crippen molar-refractivity contribution in [3.8, 4) is 0 Å². The lowest BCUT2D eigenvalue weighted by atomic mass is 10.1. The lowest BCUT2D eigenvalue weighted by molar-refractivity contribution is 0.0132. The summed E-state index contributed by atoms with van der Waals surface area (Å²) in [6.45, 7) is 1.44. The van der Waals surface area contributed by atoms with Gasteiger partial charge in [0.15, 0.2) is 5.65 Å². The highest BCUT2D eigenvalue weighted by Gasteiger charge is 2.18. The molecule has 2 heterocycles. The summed E-state index contributed by atoms with van der Waals surface area (Å²) in [7, 11) is 0. The number of anilines is 1. The highest BCUT2D eigenvalue weighted by Crippen LogP contribution is 2.11. The molecule has 0 bridgehead atoms. The Morgan fingerprint density at radius 3 is 2.82 bits per heavy atom. The Morgan fingerprint density at radius 2 is 2.06 bits per heavy atom. The van der Waals surface area contributed by atoms with E-state index in [1.807, 2.05) is 0 Å². The molecule has 2 rings (SSSR count). The zero-order chi connectivity index (χ0) is 12.3. The van der Waals surface area contributed by atoms with Crippen LogP contribution in [0.4, 0.5) is 5.82 Å². The van der Waals surface area contributed by atoms with Gasteiger partial charge in [-0.3, -0.25) is 4.98 Å². The molecule has 0 aliphatic rings. The summed E-state index contributed by atoms with van der Waals surface area (Å²) in [5, 5.41) is 21.5. The quantitative estimate of drug-likeness (QED) is 0.699. The van der Waals surface area contributed by atoms with Crippen molar-refractivity contribution < 1.29 is 10.2 Å². The van der Waals surface area contributed by atoms with Crippen LogP contribution in [0.25, 0.3) is 11.2 Å². The second-order valence-electron chi connectivity index (χ2n) is 4.10. The Hall–Kier alpha value is -1.79. The molecule has 1 unspecified atom stereocenters. The van der Waals surface area contributed by atoms with Crippen molar-refractivity contribution in [3.63, 3.8) is 0 Å². The minimum absolute atomic E-state index is 0.211. The van der Waals surface area contributed by atoms with Gasteiger partial charge < -0.3 is 15.5 Å². The number of aromatic nitrogens is 3. The van der Waals surface area contributed by atoms with Gasteiger partial charge in [-0.1, -0.05) is 0 Å². The summed E-state index contributed by atoms with van der Waals surface area (Å²) >= 11 is 0. The fourth-order valence-electron chi connectivity index (χ4n) is 1.29. The van der Waals surface area contributed by atoms with Gasteiger partial charge >= 0.3 is 0 Å². The Labute approximate surface area is 98.4 Å². The zero-order valence-electron chi connectivity index (χ0n) is 9.46. The van der Waals surface area contributed by atoms with E-state index in [-0.39, 0.29) is 13.2 Å². The van der Waals surface area contributed by atoms with Crippen molar-refractivity contribution >= 4 is 17.0 Å². The molecular weight excluding hydrogens is 220 g/mol. The maximum Gasteiger partial charge on any atom is 0.180 e. The van der Waals surface area contributed by atoms with Gasteiger partial charge in [-0.2, -0.15) is 0 Å². The Morgan fingerprint density at radius 1 is 1.29 bits per heavy atom. The van der Waals surface area contributed by atoms with Crippen LogP contribution in [-0.4, -0.2) is 43.9 Å². The number of aliphatic hydroxyl groups excluding tert-OH is 1. The van der Waals surface area contributed by atoms with E-state index in [0.29, 0.717) is 17.0 Å². The standard InChI is InChI=1S/C11H14N4O2/c1-11(17,7-16)6-14-9-3-2-8-10(15-9)13-5-4-12-8/h2-5,16-17H,6-7H2,1H3,(H,13,14,15). The normalized spacial score (nSPS) is 14.5. The van der Waals surface area contributed by atoms with E-state index in [1.165, 1.54) is 0 Å². The fourth-order valence-corrected chi connectivity index (χ4v) is 1.29. The third-order valence-electron chi connectivity index (χ3n) is 2.32. The third-order valence-corrected chi connectivity index (χ3v) is 2.32. The van der Waals surface area contributed by atoms with Gasteiger partial charge in [-0.25, -0.2) is 9.97 Å². The molecule has 6 nitrogen and oxygen atoms in total. The van der Waals surface area contributed by atoms with Gasteiger partial charge in [0, 0.05) is 18.9 Å². The minimum Gasteiger partial charge on any atom is -0.393 e. The van der Waals surface area contributed by atoms with Crippen LogP contribution in [0.2, 0.25) is 0 Å². The van der Waals surface area contributed by atoms with Crippen LogP contribution < -0.4 is 5.32 Å². The van der Waals surface area contributed by atoms with Gasteiger partial charge in [-0.15, -0.1) is 0 Å². The number of fused-ring (bicyclic) bond motifs is 1. The van der Waals surface area contributed by atoms with E-state index in [0.717, 1.165) is 0 Å². The first-order valence-electron chi connectivity index (χ1n) is 5.26. The Bertz CT molecular complexity index is 516. The Balaban J connectivity index is 2.14. The van der Waals surface area contributed by atoms with Crippen LogP contribution in [0.5, 0.6) is 0 Å². The smallest absolute Gasteiger partial charge is 0.180 e. The highest BCUT2D eigenvalue weighted by molar-refractivity contribution is 5.71. The monoisotopic (exact) mass is 234 g/mol. The van der Waals surface area contributed by atoms with Gasteiger partial charge in [0.25, 0.3) is 0 Å². The lowest BCUT2D eigenvalue weighted by Crippen LogP contribution is -2.37. The van der Waals surface area contributed by atoms with Crippen molar-refractivity contribution in [2.24, 2.45) is 0 Å². The predicted molar refractivity (Wildman–Crippen MR) is 63.5 cm³/mol. The largest absolute Gasteiger partial charge is 0.393 e. The summed E-state index contributed by atoms with van der Waals surface area (Å²) in [4.78, 5) is 12.4. The van der Waals surface area contributed by atoms with Crippen molar-refractivity contribution in [1.29, 1.82) is 0 Å². The minimum atomic E-state index is -1.17. The first-order valence-corrected chi connectivity index (χ1v) is 5.26. The molecule has 0 aromatic carbocycles. The number of nitrogens with zero attached hydrogens (tertiary/aromatic N) is 3. The number of pyridine rings is 1. The van der Waals surface area contributed by atoms with E-state index < -0.39 is 5.60 Å². The lowest BCUT2D eigenvalue weighted by Gasteiger charge is -2.20. The Kier molecular flexibility index (Phi) is 3.16. The predicted octanol–water partition coefficient (Wildman–Crippen LogP) is 0.180. The summed E-state index contributed by atoms with van der Waals surface area (Å²) in [6.07, 6.45) is 3.18. The molecule has 90 valence electrons. The summed E-state index contributed by atoms with van der Waals surface area (Å²) in [6, 6.07) is 3.55. The molecule has 6 heteroatoms. The second kappa shape index (κ2) is 4.60. The number of aliphatic hydroxyl groups is 2.